The van der Waals surface area contributed by atoms with E-state index in [-0.39, 0.29) is 11.5 Å². The molecule has 1 aliphatic rings. The number of hydrogen-bond donors (Lipinski definition) is 1. The highest BCUT2D eigenvalue weighted by atomic mass is 19.1. The van der Waals surface area contributed by atoms with Crippen molar-refractivity contribution < 1.29 is 18.7 Å². The zero-order valence-corrected chi connectivity index (χ0v) is 17.5. The molecule has 1 aromatic carbocycles. The number of aromatic nitrogens is 3. The quantitative estimate of drug-likeness (QED) is 0.638. The highest BCUT2D eigenvalue weighted by molar-refractivity contribution is 5.93. The molecule has 8 nitrogen and oxygen atoms in total. The summed E-state index contributed by atoms with van der Waals surface area (Å²) in [5.74, 6) is 0.495. The van der Waals surface area contributed by atoms with Crippen molar-refractivity contribution in [3.8, 4) is 28.9 Å². The normalized spacial score (nSPS) is 14.0. The zero-order chi connectivity index (χ0) is 22.5. The van der Waals surface area contributed by atoms with E-state index in [1.165, 1.54) is 30.1 Å². The highest BCUT2D eigenvalue weighted by Crippen LogP contribution is 2.32. The topological polar surface area (TPSA) is 102 Å². The fraction of sp³-hybridized carbons (Fsp3) is 0.304. The van der Waals surface area contributed by atoms with Crippen molar-refractivity contribution in [1.29, 1.82) is 5.26 Å². The van der Waals surface area contributed by atoms with Gasteiger partial charge in [0, 0.05) is 26.0 Å². The molecule has 9 heteroatoms. The van der Waals surface area contributed by atoms with E-state index in [2.05, 4.69) is 15.4 Å². The summed E-state index contributed by atoms with van der Waals surface area (Å²) in [6.07, 6.45) is 4.94. The fourth-order valence-corrected chi connectivity index (χ4v) is 3.61. The van der Waals surface area contributed by atoms with Gasteiger partial charge in [0.05, 0.1) is 30.0 Å². The van der Waals surface area contributed by atoms with Gasteiger partial charge in [-0.2, -0.15) is 15.0 Å². The summed E-state index contributed by atoms with van der Waals surface area (Å²) in [6.45, 7) is 2.09. The minimum Gasteiger partial charge on any atom is -0.480 e. The number of halogens is 1. The van der Waals surface area contributed by atoms with Gasteiger partial charge in [0.2, 0.25) is 5.88 Å². The van der Waals surface area contributed by atoms with Gasteiger partial charge in [-0.25, -0.2) is 9.37 Å². The number of carbonyl (C=O) groups excluding carboxylic acids is 1. The van der Waals surface area contributed by atoms with E-state index in [4.69, 9.17) is 14.7 Å². The van der Waals surface area contributed by atoms with Gasteiger partial charge in [0.1, 0.15) is 11.9 Å². The summed E-state index contributed by atoms with van der Waals surface area (Å²) in [5, 5.41) is 16.4. The van der Waals surface area contributed by atoms with Crippen LogP contribution in [0.1, 0.15) is 28.8 Å². The Hall–Kier alpha value is -3.77. The molecule has 0 aliphatic carbocycles. The lowest BCUT2D eigenvalue weighted by Crippen LogP contribution is -2.32. The predicted molar refractivity (Wildman–Crippen MR) is 114 cm³/mol. The van der Waals surface area contributed by atoms with Gasteiger partial charge in [0.15, 0.2) is 5.82 Å². The van der Waals surface area contributed by atoms with E-state index < -0.39 is 5.82 Å². The lowest BCUT2D eigenvalue weighted by atomic mass is 10.0. The maximum atomic E-state index is 13.7. The van der Waals surface area contributed by atoms with Crippen LogP contribution in [0.25, 0.3) is 16.9 Å². The van der Waals surface area contributed by atoms with E-state index in [9.17, 15) is 9.18 Å². The van der Waals surface area contributed by atoms with Crippen molar-refractivity contribution >= 4 is 5.91 Å². The van der Waals surface area contributed by atoms with Gasteiger partial charge in [-0.05, 0) is 48.6 Å². The standard InChI is InChI=1S/C23H22FN5O3/c1-31-23-19(16-2-4-20(24)18(10-16)11-25)14-28-29(23)21-5-3-17(13-26-21)22(30)27-12-15-6-8-32-9-7-15/h2-5,10,13-15H,6-9,12H2,1H3,(H,27,30). The second kappa shape index (κ2) is 9.58. The zero-order valence-electron chi connectivity index (χ0n) is 17.5. The van der Waals surface area contributed by atoms with Crippen molar-refractivity contribution in [2.24, 2.45) is 5.92 Å². The number of rotatable bonds is 6. The highest BCUT2D eigenvalue weighted by Gasteiger charge is 2.18. The van der Waals surface area contributed by atoms with Crippen LogP contribution >= 0.6 is 0 Å². The Kier molecular flexibility index (Phi) is 6.42. The van der Waals surface area contributed by atoms with Crippen LogP contribution in [0, 0.1) is 23.1 Å². The largest absolute Gasteiger partial charge is 0.480 e. The molecule has 0 bridgehead atoms. The number of nitrogens with one attached hydrogen (secondary N) is 1. The van der Waals surface area contributed by atoms with Crippen molar-refractivity contribution in [2.45, 2.75) is 12.8 Å². The van der Waals surface area contributed by atoms with Crippen molar-refractivity contribution in [2.75, 3.05) is 26.9 Å². The summed E-state index contributed by atoms with van der Waals surface area (Å²) >= 11 is 0. The van der Waals surface area contributed by atoms with Crippen LogP contribution in [0.15, 0.2) is 42.7 Å². The molecular weight excluding hydrogens is 413 g/mol. The average Bonchev–Trinajstić information content (AvgIpc) is 3.27. The summed E-state index contributed by atoms with van der Waals surface area (Å²) in [5.41, 5.74) is 1.56. The first-order valence-electron chi connectivity index (χ1n) is 10.2. The molecule has 32 heavy (non-hydrogen) atoms. The third kappa shape index (κ3) is 4.45. The van der Waals surface area contributed by atoms with Gasteiger partial charge in [0.25, 0.3) is 5.91 Å². The van der Waals surface area contributed by atoms with Crippen LogP contribution in [0.3, 0.4) is 0 Å². The fourth-order valence-electron chi connectivity index (χ4n) is 3.61. The van der Waals surface area contributed by atoms with Crippen LogP contribution in [0.5, 0.6) is 5.88 Å². The van der Waals surface area contributed by atoms with Crippen molar-refractivity contribution in [3.05, 3.63) is 59.7 Å². The number of methoxy groups -OCH3 is 1. The molecule has 1 N–H and O–H groups in total. The molecule has 3 aromatic rings. The number of nitriles is 1. The molecule has 4 rings (SSSR count). The number of amides is 1. The summed E-state index contributed by atoms with van der Waals surface area (Å²) in [7, 11) is 1.49. The minimum atomic E-state index is -0.588. The minimum absolute atomic E-state index is 0.0634. The van der Waals surface area contributed by atoms with E-state index in [1.54, 1.807) is 24.4 Å². The summed E-state index contributed by atoms with van der Waals surface area (Å²) in [6, 6.07) is 9.41. The number of hydrogen-bond acceptors (Lipinski definition) is 6. The molecule has 164 valence electrons. The Morgan fingerprint density at radius 2 is 2.12 bits per heavy atom. The molecule has 2 aromatic heterocycles. The second-order valence-electron chi connectivity index (χ2n) is 7.46. The molecule has 0 spiro atoms. The van der Waals surface area contributed by atoms with Crippen molar-refractivity contribution in [3.63, 3.8) is 0 Å². The van der Waals surface area contributed by atoms with Crippen molar-refractivity contribution in [1.82, 2.24) is 20.1 Å². The number of ether oxygens (including phenoxy) is 2. The molecule has 0 radical (unpaired) electrons. The number of pyridine rings is 1. The van der Waals surface area contributed by atoms with Crippen LogP contribution in [0.4, 0.5) is 4.39 Å². The van der Waals surface area contributed by atoms with E-state index in [0.717, 1.165) is 26.1 Å². The van der Waals surface area contributed by atoms with Gasteiger partial charge in [-0.15, -0.1) is 0 Å². The van der Waals surface area contributed by atoms with E-state index in [1.807, 2.05) is 6.07 Å². The first-order chi connectivity index (χ1) is 15.6. The number of nitrogens with zero attached hydrogens (tertiary/aromatic N) is 4. The Morgan fingerprint density at radius 3 is 2.81 bits per heavy atom. The maximum absolute atomic E-state index is 13.7. The second-order valence-corrected chi connectivity index (χ2v) is 7.46. The third-order valence-electron chi connectivity index (χ3n) is 5.44. The lowest BCUT2D eigenvalue weighted by Gasteiger charge is -2.22. The smallest absolute Gasteiger partial charge is 0.252 e. The van der Waals surface area contributed by atoms with Gasteiger partial charge >= 0.3 is 0 Å². The molecule has 0 saturated carbocycles. The maximum Gasteiger partial charge on any atom is 0.252 e. The van der Waals surface area contributed by atoms with E-state index in [0.29, 0.717) is 40.9 Å². The molecular formula is C23H22FN5O3. The molecule has 0 unspecified atom stereocenters. The Balaban J connectivity index is 1.52. The van der Waals surface area contributed by atoms with Crippen LogP contribution in [-0.4, -0.2) is 47.5 Å². The van der Waals surface area contributed by atoms with Crippen LogP contribution in [0.2, 0.25) is 0 Å². The summed E-state index contributed by atoms with van der Waals surface area (Å²) < 4.78 is 26.0. The monoisotopic (exact) mass is 435 g/mol. The Morgan fingerprint density at radius 1 is 1.31 bits per heavy atom. The lowest BCUT2D eigenvalue weighted by molar-refractivity contribution is 0.0642. The molecule has 1 aliphatic heterocycles. The average molecular weight is 435 g/mol. The summed E-state index contributed by atoms with van der Waals surface area (Å²) in [4.78, 5) is 16.8. The molecule has 0 atom stereocenters. The third-order valence-corrected chi connectivity index (χ3v) is 5.44. The van der Waals surface area contributed by atoms with Gasteiger partial charge in [-0.1, -0.05) is 6.07 Å². The molecule has 3 heterocycles. The number of benzene rings is 1. The van der Waals surface area contributed by atoms with Crippen LogP contribution in [-0.2, 0) is 4.74 Å². The predicted octanol–water partition coefficient (Wildman–Crippen LogP) is 3.11. The van der Waals surface area contributed by atoms with Gasteiger partial charge in [-0.3, -0.25) is 4.79 Å². The van der Waals surface area contributed by atoms with Crippen LogP contribution < -0.4 is 10.1 Å². The number of carbonyl (C=O) groups is 1. The first-order valence-corrected chi connectivity index (χ1v) is 10.2. The molecule has 1 amide bonds. The Labute approximate surface area is 184 Å². The first kappa shape index (κ1) is 21.5. The molecule has 1 saturated heterocycles. The SMILES string of the molecule is COc1c(-c2ccc(F)c(C#N)c2)cnn1-c1ccc(C(=O)NCC2CCOCC2)cn1. The van der Waals surface area contributed by atoms with E-state index >= 15 is 0 Å². The molecule has 1 fully saturated rings. The van der Waals surface area contributed by atoms with Gasteiger partial charge < -0.3 is 14.8 Å². The Bertz CT molecular complexity index is 1150.